The lowest BCUT2D eigenvalue weighted by Crippen LogP contribution is -1.93. The van der Waals surface area contributed by atoms with Gasteiger partial charge >= 0.3 is 0 Å². The molecule has 0 radical (unpaired) electrons. The van der Waals surface area contributed by atoms with Crippen molar-refractivity contribution in [1.82, 2.24) is 4.98 Å². The van der Waals surface area contributed by atoms with Crippen molar-refractivity contribution >= 4 is 39.1 Å². The van der Waals surface area contributed by atoms with Crippen molar-refractivity contribution in [2.75, 3.05) is 10.3 Å². The molecule has 0 aliphatic heterocycles. The van der Waals surface area contributed by atoms with Gasteiger partial charge in [-0.1, -0.05) is 0 Å². The minimum Gasteiger partial charge on any atom is -0.467 e. The largest absolute Gasteiger partial charge is 0.467 e. The van der Waals surface area contributed by atoms with Crippen LogP contribution in [0.5, 0.6) is 5.88 Å². The van der Waals surface area contributed by atoms with E-state index in [4.69, 9.17) is 10.5 Å². The third-order valence-electron chi connectivity index (χ3n) is 1.94. The molecule has 0 bridgehead atoms. The van der Waals surface area contributed by atoms with E-state index in [1.807, 2.05) is 24.3 Å². The minimum absolute atomic E-state index is 0.592. The first-order valence-electron chi connectivity index (χ1n) is 4.14. The molecule has 0 saturated carbocycles. The zero-order chi connectivity index (χ0) is 9.97. The number of hydrogen-bond acceptors (Lipinski definition) is 3. The van der Waals surface area contributed by atoms with Crippen LogP contribution in [0.3, 0.4) is 0 Å². The highest BCUT2D eigenvalue weighted by atomic mass is 127. The van der Waals surface area contributed by atoms with E-state index in [9.17, 15) is 0 Å². The number of benzene rings is 1. The van der Waals surface area contributed by atoms with Gasteiger partial charge in [0.05, 0.1) is 0 Å². The van der Waals surface area contributed by atoms with Crippen LogP contribution in [0.2, 0.25) is 0 Å². The molecule has 0 saturated heterocycles. The molecule has 0 unspecified atom stereocenters. The first-order chi connectivity index (χ1) is 6.81. The van der Waals surface area contributed by atoms with Crippen LogP contribution in [0.25, 0.3) is 10.8 Å². The average molecular weight is 300 g/mol. The molecule has 4 heteroatoms. The Kier molecular flexibility index (Phi) is 2.72. The van der Waals surface area contributed by atoms with Crippen molar-refractivity contribution in [3.05, 3.63) is 30.5 Å². The molecule has 2 N–H and O–H groups in total. The molecule has 0 atom stereocenters. The van der Waals surface area contributed by atoms with Crippen LogP contribution in [0, 0.1) is 0 Å². The van der Waals surface area contributed by atoms with Crippen LogP contribution in [0.4, 0.5) is 5.69 Å². The molecule has 1 heterocycles. The summed E-state index contributed by atoms with van der Waals surface area (Å²) in [6.45, 7) is 0. The van der Waals surface area contributed by atoms with Crippen LogP contribution >= 0.6 is 22.6 Å². The van der Waals surface area contributed by atoms with Gasteiger partial charge in [0.25, 0.3) is 0 Å². The van der Waals surface area contributed by atoms with Crippen molar-refractivity contribution in [3.8, 4) is 5.88 Å². The van der Waals surface area contributed by atoms with E-state index in [2.05, 4.69) is 27.6 Å². The van der Waals surface area contributed by atoms with E-state index >= 15 is 0 Å². The Balaban J connectivity index is 2.62. The molecule has 0 amide bonds. The van der Waals surface area contributed by atoms with E-state index in [1.54, 1.807) is 6.20 Å². The van der Waals surface area contributed by atoms with E-state index in [0.717, 1.165) is 16.5 Å². The minimum atomic E-state index is 0.592. The fourth-order valence-electron chi connectivity index (χ4n) is 1.34. The van der Waals surface area contributed by atoms with Crippen LogP contribution in [0.1, 0.15) is 0 Å². The van der Waals surface area contributed by atoms with Gasteiger partial charge in [0, 0.05) is 17.3 Å². The van der Waals surface area contributed by atoms with Gasteiger partial charge in [0.2, 0.25) is 5.88 Å². The summed E-state index contributed by atoms with van der Waals surface area (Å²) >= 11 is 2.14. The van der Waals surface area contributed by atoms with Gasteiger partial charge < -0.3 is 10.5 Å². The third-order valence-corrected chi connectivity index (χ3v) is 2.25. The Morgan fingerprint density at radius 2 is 2.21 bits per heavy atom. The molecule has 2 rings (SSSR count). The summed E-state index contributed by atoms with van der Waals surface area (Å²) in [5.74, 6) is 0.664. The smallest absolute Gasteiger partial charge is 0.222 e. The monoisotopic (exact) mass is 300 g/mol. The maximum atomic E-state index is 5.69. The average Bonchev–Trinajstić information content (AvgIpc) is 2.18. The number of nitrogens with zero attached hydrogens (tertiary/aromatic N) is 1. The van der Waals surface area contributed by atoms with Gasteiger partial charge in [-0.3, -0.25) is 0 Å². The molecule has 1 aromatic carbocycles. The highest BCUT2D eigenvalue weighted by Gasteiger charge is 2.02. The molecule has 1 aromatic heterocycles. The lowest BCUT2D eigenvalue weighted by atomic mass is 10.1. The number of alkyl halides is 1. The number of nitrogen functional groups attached to an aromatic ring is 1. The number of aromatic nitrogens is 1. The summed E-state index contributed by atoms with van der Waals surface area (Å²) in [7, 11) is 0. The summed E-state index contributed by atoms with van der Waals surface area (Å²) in [5.41, 5.74) is 6.44. The fourth-order valence-corrected chi connectivity index (χ4v) is 1.63. The SMILES string of the molecule is Nc1ccc2c(OCI)nccc2c1. The summed E-state index contributed by atoms with van der Waals surface area (Å²) in [6.07, 6.45) is 1.73. The van der Waals surface area contributed by atoms with Gasteiger partial charge in [-0.05, 0) is 52.2 Å². The van der Waals surface area contributed by atoms with Gasteiger partial charge in [0.1, 0.15) is 4.61 Å². The number of halogens is 1. The molecule has 14 heavy (non-hydrogen) atoms. The van der Waals surface area contributed by atoms with Crippen molar-refractivity contribution in [2.24, 2.45) is 0 Å². The summed E-state index contributed by atoms with van der Waals surface area (Å²) in [5, 5.41) is 2.05. The van der Waals surface area contributed by atoms with E-state index in [0.29, 0.717) is 10.5 Å². The van der Waals surface area contributed by atoms with Crippen LogP contribution in [-0.2, 0) is 0 Å². The predicted octanol–water partition coefficient (Wildman–Crippen LogP) is 2.59. The van der Waals surface area contributed by atoms with Gasteiger partial charge in [-0.15, -0.1) is 0 Å². The molecule has 0 fully saturated rings. The Morgan fingerprint density at radius 1 is 1.36 bits per heavy atom. The Hall–Kier alpha value is -1.04. The maximum Gasteiger partial charge on any atom is 0.222 e. The number of rotatable bonds is 2. The molecule has 0 aliphatic carbocycles. The van der Waals surface area contributed by atoms with Crippen LogP contribution < -0.4 is 10.5 Å². The number of nitrogens with two attached hydrogens (primary N) is 1. The van der Waals surface area contributed by atoms with Crippen molar-refractivity contribution < 1.29 is 4.74 Å². The number of pyridine rings is 1. The molecular weight excluding hydrogens is 291 g/mol. The summed E-state index contributed by atoms with van der Waals surface area (Å²) in [6, 6.07) is 7.62. The number of anilines is 1. The van der Waals surface area contributed by atoms with E-state index < -0.39 is 0 Å². The topological polar surface area (TPSA) is 48.1 Å². The van der Waals surface area contributed by atoms with Crippen LogP contribution in [0.15, 0.2) is 30.5 Å². The Labute approximate surface area is 95.4 Å². The van der Waals surface area contributed by atoms with E-state index in [-0.39, 0.29) is 0 Å². The van der Waals surface area contributed by atoms with Crippen molar-refractivity contribution in [2.45, 2.75) is 0 Å². The summed E-state index contributed by atoms with van der Waals surface area (Å²) in [4.78, 5) is 4.16. The second-order valence-electron chi connectivity index (χ2n) is 2.85. The second kappa shape index (κ2) is 4.00. The first kappa shape index (κ1) is 9.51. The molecule has 72 valence electrons. The zero-order valence-electron chi connectivity index (χ0n) is 7.40. The first-order valence-corrected chi connectivity index (χ1v) is 5.67. The second-order valence-corrected chi connectivity index (χ2v) is 3.47. The highest BCUT2D eigenvalue weighted by molar-refractivity contribution is 14.1. The van der Waals surface area contributed by atoms with Crippen molar-refractivity contribution in [3.63, 3.8) is 0 Å². The van der Waals surface area contributed by atoms with Gasteiger partial charge in [0.15, 0.2) is 0 Å². The van der Waals surface area contributed by atoms with Crippen LogP contribution in [-0.4, -0.2) is 9.60 Å². The zero-order valence-corrected chi connectivity index (χ0v) is 9.56. The van der Waals surface area contributed by atoms with Gasteiger partial charge in [-0.2, -0.15) is 0 Å². The summed E-state index contributed by atoms with van der Waals surface area (Å²) < 4.78 is 5.99. The fraction of sp³-hybridized carbons (Fsp3) is 0.100. The molecule has 2 aromatic rings. The maximum absolute atomic E-state index is 5.69. The normalized spacial score (nSPS) is 10.4. The quantitative estimate of drug-likeness (QED) is 0.527. The number of ether oxygens (including phenoxy) is 1. The Morgan fingerprint density at radius 3 is 3.00 bits per heavy atom. The standard InChI is InChI=1S/C10H9IN2O/c11-6-14-10-9-2-1-8(12)5-7(9)3-4-13-10/h1-5H,6,12H2. The molecule has 0 spiro atoms. The predicted molar refractivity (Wildman–Crippen MR) is 65.7 cm³/mol. The van der Waals surface area contributed by atoms with Gasteiger partial charge in [-0.25, -0.2) is 4.98 Å². The number of hydrogen-bond donors (Lipinski definition) is 1. The lowest BCUT2D eigenvalue weighted by Gasteiger charge is -2.05. The molecule has 3 nitrogen and oxygen atoms in total. The van der Waals surface area contributed by atoms with Crippen molar-refractivity contribution in [1.29, 1.82) is 0 Å². The third kappa shape index (κ3) is 1.75. The van der Waals surface area contributed by atoms with E-state index in [1.165, 1.54) is 0 Å². The highest BCUT2D eigenvalue weighted by Crippen LogP contribution is 2.24. The molecule has 0 aliphatic rings. The lowest BCUT2D eigenvalue weighted by molar-refractivity contribution is 0.393. The Bertz CT molecular complexity index is 459. The molecular formula is C10H9IN2O. The number of fused-ring (bicyclic) bond motifs is 1.